The molecule has 6 heteroatoms. The van der Waals surface area contributed by atoms with Gasteiger partial charge < -0.3 is 15.7 Å². The summed E-state index contributed by atoms with van der Waals surface area (Å²) in [6.07, 6.45) is 0.832. The van der Waals surface area contributed by atoms with Gasteiger partial charge in [-0.3, -0.25) is 9.69 Å². The van der Waals surface area contributed by atoms with Crippen LogP contribution in [0.5, 0.6) is 0 Å². The lowest BCUT2D eigenvalue weighted by Gasteiger charge is -2.39. The minimum absolute atomic E-state index is 0.00646. The molecule has 2 aliphatic heterocycles. The fourth-order valence-corrected chi connectivity index (χ4v) is 2.55. The summed E-state index contributed by atoms with van der Waals surface area (Å²) < 4.78 is 0. The molecule has 0 aromatic heterocycles. The number of piperazine rings is 1. The van der Waals surface area contributed by atoms with Crippen LogP contribution in [-0.4, -0.2) is 58.6 Å². The minimum Gasteiger partial charge on any atom is -0.465 e. The van der Waals surface area contributed by atoms with Gasteiger partial charge in [-0.05, 0) is 12.8 Å². The van der Waals surface area contributed by atoms with Gasteiger partial charge in [0.05, 0.1) is 18.6 Å². The number of rotatable bonds is 1. The number of carbonyl (C=O) groups is 2. The standard InChI is InChI=1S/C9H15N3O3/c10-3-8(13)11-4-6-1-2-7(5-11)12(6)9(14)15/h6-7H,1-5,10H2,(H,14,15). The maximum absolute atomic E-state index is 11.4. The summed E-state index contributed by atoms with van der Waals surface area (Å²) >= 11 is 0. The zero-order chi connectivity index (χ0) is 11.0. The molecule has 0 saturated carbocycles. The molecular formula is C9H15N3O3. The van der Waals surface area contributed by atoms with E-state index in [0.29, 0.717) is 13.1 Å². The molecule has 0 spiro atoms. The first-order valence-electron chi connectivity index (χ1n) is 5.12. The Kier molecular flexibility index (Phi) is 2.52. The quantitative estimate of drug-likeness (QED) is 0.603. The van der Waals surface area contributed by atoms with E-state index in [1.807, 2.05) is 0 Å². The summed E-state index contributed by atoms with van der Waals surface area (Å²) in [6.45, 7) is 1.00. The van der Waals surface area contributed by atoms with E-state index in [4.69, 9.17) is 10.8 Å². The number of amides is 2. The van der Waals surface area contributed by atoms with Gasteiger partial charge in [-0.15, -0.1) is 0 Å². The molecule has 0 radical (unpaired) electrons. The Morgan fingerprint density at radius 1 is 1.27 bits per heavy atom. The molecule has 3 N–H and O–H groups in total. The smallest absolute Gasteiger partial charge is 0.407 e. The second-order valence-corrected chi connectivity index (χ2v) is 4.08. The molecule has 2 bridgehead atoms. The zero-order valence-corrected chi connectivity index (χ0v) is 8.43. The van der Waals surface area contributed by atoms with Crippen LogP contribution in [0.3, 0.4) is 0 Å². The van der Waals surface area contributed by atoms with Crippen molar-refractivity contribution in [1.29, 1.82) is 0 Å². The van der Waals surface area contributed by atoms with E-state index < -0.39 is 6.09 Å². The topological polar surface area (TPSA) is 86.9 Å². The Morgan fingerprint density at radius 3 is 2.20 bits per heavy atom. The van der Waals surface area contributed by atoms with Gasteiger partial charge in [-0.2, -0.15) is 0 Å². The molecule has 6 nitrogen and oxygen atoms in total. The van der Waals surface area contributed by atoms with E-state index in [9.17, 15) is 9.59 Å². The van der Waals surface area contributed by atoms with Crippen LogP contribution in [0.1, 0.15) is 12.8 Å². The van der Waals surface area contributed by atoms with Crippen molar-refractivity contribution < 1.29 is 14.7 Å². The van der Waals surface area contributed by atoms with Crippen molar-refractivity contribution in [1.82, 2.24) is 9.80 Å². The van der Waals surface area contributed by atoms with Crippen LogP contribution in [0.2, 0.25) is 0 Å². The lowest BCUT2D eigenvalue weighted by Crippen LogP contribution is -2.57. The van der Waals surface area contributed by atoms with Gasteiger partial charge in [0.2, 0.25) is 5.91 Å². The number of carboxylic acid groups (broad SMARTS) is 1. The molecule has 0 aliphatic carbocycles. The van der Waals surface area contributed by atoms with Crippen LogP contribution in [0.25, 0.3) is 0 Å². The van der Waals surface area contributed by atoms with Crippen molar-refractivity contribution in [3.05, 3.63) is 0 Å². The van der Waals surface area contributed by atoms with Gasteiger partial charge in [0.1, 0.15) is 0 Å². The van der Waals surface area contributed by atoms with Crippen molar-refractivity contribution in [2.45, 2.75) is 24.9 Å². The van der Waals surface area contributed by atoms with Crippen molar-refractivity contribution in [2.24, 2.45) is 5.73 Å². The van der Waals surface area contributed by atoms with E-state index in [1.54, 1.807) is 4.90 Å². The van der Waals surface area contributed by atoms with Crippen LogP contribution in [0.4, 0.5) is 4.79 Å². The number of nitrogens with two attached hydrogens (primary N) is 1. The maximum Gasteiger partial charge on any atom is 0.407 e. The normalized spacial score (nSPS) is 29.4. The Balaban J connectivity index is 2.08. The first-order chi connectivity index (χ1) is 7.13. The molecule has 2 aliphatic rings. The summed E-state index contributed by atoms with van der Waals surface area (Å²) in [5.74, 6) is -0.0862. The van der Waals surface area contributed by atoms with Crippen LogP contribution in [-0.2, 0) is 4.79 Å². The van der Waals surface area contributed by atoms with Crippen LogP contribution < -0.4 is 5.73 Å². The molecule has 2 atom stereocenters. The van der Waals surface area contributed by atoms with Crippen molar-refractivity contribution in [3.8, 4) is 0 Å². The van der Waals surface area contributed by atoms with E-state index in [-0.39, 0.29) is 24.5 Å². The van der Waals surface area contributed by atoms with Gasteiger partial charge in [-0.1, -0.05) is 0 Å². The molecule has 2 unspecified atom stereocenters. The average Bonchev–Trinajstić information content (AvgIpc) is 2.49. The second kappa shape index (κ2) is 3.69. The number of carbonyl (C=O) groups excluding carboxylic acids is 1. The summed E-state index contributed by atoms with van der Waals surface area (Å²) in [4.78, 5) is 25.5. The Bertz CT molecular complexity index is 280. The number of hydrogen-bond donors (Lipinski definition) is 2. The molecule has 2 heterocycles. The van der Waals surface area contributed by atoms with Gasteiger partial charge in [0, 0.05) is 13.1 Å². The highest BCUT2D eigenvalue weighted by atomic mass is 16.4. The summed E-state index contributed by atoms with van der Waals surface area (Å²) in [5, 5.41) is 9.00. The maximum atomic E-state index is 11.4. The highest BCUT2D eigenvalue weighted by Crippen LogP contribution is 2.29. The summed E-state index contributed by atoms with van der Waals surface area (Å²) in [7, 11) is 0. The second-order valence-electron chi connectivity index (χ2n) is 4.08. The Labute approximate surface area is 87.6 Å². The lowest BCUT2D eigenvalue weighted by molar-refractivity contribution is -0.132. The van der Waals surface area contributed by atoms with E-state index in [0.717, 1.165) is 12.8 Å². The van der Waals surface area contributed by atoms with E-state index in [1.165, 1.54) is 4.90 Å². The van der Waals surface area contributed by atoms with Crippen LogP contribution in [0, 0.1) is 0 Å². The third kappa shape index (κ3) is 1.65. The fourth-order valence-electron chi connectivity index (χ4n) is 2.55. The van der Waals surface area contributed by atoms with Gasteiger partial charge >= 0.3 is 6.09 Å². The lowest BCUT2D eigenvalue weighted by atomic mass is 10.2. The van der Waals surface area contributed by atoms with Crippen molar-refractivity contribution in [2.75, 3.05) is 19.6 Å². The molecule has 84 valence electrons. The Morgan fingerprint density at radius 2 is 1.80 bits per heavy atom. The number of nitrogens with zero attached hydrogens (tertiary/aromatic N) is 2. The van der Waals surface area contributed by atoms with Gasteiger partial charge in [-0.25, -0.2) is 4.79 Å². The van der Waals surface area contributed by atoms with Crippen molar-refractivity contribution >= 4 is 12.0 Å². The van der Waals surface area contributed by atoms with Crippen LogP contribution in [0.15, 0.2) is 0 Å². The first-order valence-corrected chi connectivity index (χ1v) is 5.12. The third-order valence-electron chi connectivity index (χ3n) is 3.23. The Hall–Kier alpha value is -1.30. The summed E-state index contributed by atoms with van der Waals surface area (Å²) in [5.41, 5.74) is 5.29. The molecule has 0 aromatic rings. The molecule has 2 rings (SSSR count). The van der Waals surface area contributed by atoms with E-state index in [2.05, 4.69) is 0 Å². The predicted molar refractivity (Wildman–Crippen MR) is 52.3 cm³/mol. The summed E-state index contributed by atoms with van der Waals surface area (Å²) in [6, 6.07) is -0.0616. The zero-order valence-electron chi connectivity index (χ0n) is 8.43. The fraction of sp³-hybridized carbons (Fsp3) is 0.778. The van der Waals surface area contributed by atoms with E-state index >= 15 is 0 Å². The minimum atomic E-state index is -0.873. The monoisotopic (exact) mass is 213 g/mol. The highest BCUT2D eigenvalue weighted by Gasteiger charge is 2.43. The molecule has 2 amide bonds. The number of fused-ring (bicyclic) bond motifs is 2. The largest absolute Gasteiger partial charge is 0.465 e. The molecule has 15 heavy (non-hydrogen) atoms. The molecular weight excluding hydrogens is 198 g/mol. The van der Waals surface area contributed by atoms with Crippen molar-refractivity contribution in [3.63, 3.8) is 0 Å². The SMILES string of the molecule is NCC(=O)N1CC2CCC(C1)N2C(=O)O. The van der Waals surface area contributed by atoms with Gasteiger partial charge in [0.15, 0.2) is 0 Å². The number of likely N-dealkylation sites (tertiary alicyclic amines) is 1. The molecule has 2 saturated heterocycles. The average molecular weight is 213 g/mol. The highest BCUT2D eigenvalue weighted by molar-refractivity contribution is 5.78. The van der Waals surface area contributed by atoms with Crippen LogP contribution >= 0.6 is 0 Å². The third-order valence-corrected chi connectivity index (χ3v) is 3.23. The molecule has 2 fully saturated rings. The number of hydrogen-bond acceptors (Lipinski definition) is 3. The molecule has 0 aromatic carbocycles. The first kappa shape index (κ1) is 10.2. The van der Waals surface area contributed by atoms with Gasteiger partial charge in [0.25, 0.3) is 0 Å². The predicted octanol–water partition coefficient (Wildman–Crippen LogP) is -0.702.